The molecule has 4 aromatic heterocycles. The van der Waals surface area contributed by atoms with Crippen LogP contribution >= 0.6 is 68.9 Å². The molecule has 388 valence electrons. The van der Waals surface area contributed by atoms with Gasteiger partial charge < -0.3 is 9.80 Å². The Balaban J connectivity index is 1.04. The van der Waals surface area contributed by atoms with Crippen molar-refractivity contribution >= 4 is 133 Å². The first-order valence-corrected chi connectivity index (χ1v) is 28.3. The molecule has 0 spiro atoms. The van der Waals surface area contributed by atoms with E-state index in [1.54, 1.807) is 143 Å². The maximum absolute atomic E-state index is 17.2. The zero-order valence-corrected chi connectivity index (χ0v) is 44.5. The van der Waals surface area contributed by atoms with Crippen LogP contribution in [-0.2, 0) is 0 Å². The van der Waals surface area contributed by atoms with Crippen molar-refractivity contribution in [3.05, 3.63) is 175 Å². The molecular weight excluding hydrogens is 1120 g/mol. The van der Waals surface area contributed by atoms with E-state index in [-0.39, 0.29) is 24.2 Å². The summed E-state index contributed by atoms with van der Waals surface area (Å²) in [6, 6.07) is 39.0. The van der Waals surface area contributed by atoms with Gasteiger partial charge in [0, 0.05) is 90.2 Å². The quantitative estimate of drug-likeness (QED) is 0.140. The molecule has 4 aromatic carbocycles. The van der Waals surface area contributed by atoms with Crippen LogP contribution < -0.4 is 9.80 Å². The predicted octanol–water partition coefficient (Wildman–Crippen LogP) is 20.3. The highest BCUT2D eigenvalue weighted by atomic mass is 32.2. The Hall–Kier alpha value is -5.38. The second-order valence-corrected chi connectivity index (χ2v) is 26.7. The molecule has 2 atom stereocenters. The molecule has 2 aliphatic heterocycles. The lowest BCUT2D eigenvalue weighted by atomic mass is 9.71. The Bertz CT molecular complexity index is 3780. The highest BCUT2D eigenvalue weighted by molar-refractivity contribution is 8.06. The Morgan fingerprint density at radius 3 is 1.22 bits per heavy atom. The van der Waals surface area contributed by atoms with Gasteiger partial charge >= 0.3 is 35.5 Å². The molecule has 0 radical (unpaired) electrons. The zero-order valence-electron chi connectivity index (χ0n) is 39.6. The third-order valence-corrected chi connectivity index (χ3v) is 23.2. The molecule has 0 bridgehead atoms. The van der Waals surface area contributed by atoms with Crippen molar-refractivity contribution in [1.82, 2.24) is 0 Å². The fourth-order valence-corrected chi connectivity index (χ4v) is 20.5. The molecule has 76 heavy (non-hydrogen) atoms. The smallest absolute Gasteiger partial charge is 0.302 e. The van der Waals surface area contributed by atoms with Crippen molar-refractivity contribution < 1.29 is 52.7 Å². The molecule has 3 aliphatic carbocycles. The maximum atomic E-state index is 17.2. The van der Waals surface area contributed by atoms with E-state index in [1.165, 1.54) is 20.8 Å². The summed E-state index contributed by atoms with van der Waals surface area (Å²) in [5.41, 5.74) is -6.79. The summed E-state index contributed by atoms with van der Waals surface area (Å²) in [4.78, 5) is 2.70. The third-order valence-electron chi connectivity index (χ3n) is 15.0. The lowest BCUT2D eigenvalue weighted by molar-refractivity contribution is -0.257. The first kappa shape index (κ1) is 50.1. The summed E-state index contributed by atoms with van der Waals surface area (Å²) in [6.07, 6.45) is 0. The number of hydrogen-bond donors (Lipinski definition) is 0. The molecule has 0 N–H and O–H groups in total. The summed E-state index contributed by atoms with van der Waals surface area (Å²) in [7, 11) is 0. The Labute approximate surface area is 450 Å². The SMILES string of the molecule is Cc1sc2c(c1C1=C(c3c(C)sc4cc(N(c5ccccc5)c5ccccc5)sc34)C(F)(F)C(F)(F)C1(F)F)SC1(C)C2=C2C(=C3c4sc(N(c5ccccc5)c5ccccc5)cc4SC31C)C(F)(F)C(F)(F)C2(F)F. The Morgan fingerprint density at radius 1 is 0.382 bits per heavy atom. The van der Waals surface area contributed by atoms with E-state index >= 15 is 52.7 Å². The van der Waals surface area contributed by atoms with E-state index < -0.39 is 99.4 Å². The first-order chi connectivity index (χ1) is 35.8. The largest absolute Gasteiger partial charge is 0.380 e. The number of fused-ring (bicyclic) bond motifs is 9. The molecule has 0 saturated heterocycles. The molecule has 8 aromatic rings. The number of nitrogens with zero attached hydrogens (tertiary/aromatic N) is 2. The number of thioether (sulfide) groups is 2. The van der Waals surface area contributed by atoms with Gasteiger partial charge in [-0.05, 0) is 99.5 Å². The summed E-state index contributed by atoms with van der Waals surface area (Å²) < 4.78 is 198. The second kappa shape index (κ2) is 16.1. The first-order valence-electron chi connectivity index (χ1n) is 23.4. The topological polar surface area (TPSA) is 6.48 Å². The Morgan fingerprint density at radius 2 is 0.763 bits per heavy atom. The molecule has 2 unspecified atom stereocenters. The lowest BCUT2D eigenvalue weighted by Crippen LogP contribution is -2.49. The van der Waals surface area contributed by atoms with Crippen LogP contribution in [0.4, 0.5) is 85.4 Å². The van der Waals surface area contributed by atoms with Gasteiger partial charge in [0.05, 0.1) is 14.2 Å². The van der Waals surface area contributed by atoms with Gasteiger partial charge in [-0.15, -0.1) is 68.9 Å². The molecule has 13 rings (SSSR count). The van der Waals surface area contributed by atoms with Gasteiger partial charge in [-0.3, -0.25) is 0 Å². The highest BCUT2D eigenvalue weighted by Crippen LogP contribution is 2.81. The second-order valence-electron chi connectivity index (χ2n) is 19.3. The average Bonchev–Trinajstić information content (AvgIpc) is 4.42. The number of thiophene rings is 4. The molecule has 2 nitrogen and oxygen atoms in total. The van der Waals surface area contributed by atoms with E-state index in [4.69, 9.17) is 0 Å². The lowest BCUT2D eigenvalue weighted by Gasteiger charge is -2.47. The monoisotopic (exact) mass is 1150 g/mol. The van der Waals surface area contributed by atoms with E-state index in [0.29, 0.717) is 60.6 Å². The molecule has 20 heteroatoms. The fourth-order valence-electron chi connectivity index (χ4n) is 11.4. The fraction of sp³-hybridized carbons (Fsp3) is 0.214. The number of para-hydroxylation sites is 4. The number of halogens is 12. The van der Waals surface area contributed by atoms with Gasteiger partial charge in [0.2, 0.25) is 0 Å². The third kappa shape index (κ3) is 6.16. The molecule has 1 fully saturated rings. The van der Waals surface area contributed by atoms with E-state index in [2.05, 4.69) is 0 Å². The van der Waals surface area contributed by atoms with Gasteiger partial charge in [-0.2, -0.15) is 52.7 Å². The van der Waals surface area contributed by atoms with Crippen LogP contribution in [0.3, 0.4) is 0 Å². The normalized spacial score (nSPS) is 23.7. The van der Waals surface area contributed by atoms with Gasteiger partial charge in [0.1, 0.15) is 10.0 Å². The number of hydrogen-bond acceptors (Lipinski definition) is 8. The zero-order chi connectivity index (χ0) is 53.7. The van der Waals surface area contributed by atoms with Crippen LogP contribution in [0.15, 0.2) is 154 Å². The van der Waals surface area contributed by atoms with Crippen molar-refractivity contribution in [2.75, 3.05) is 9.80 Å². The van der Waals surface area contributed by atoms with Crippen LogP contribution in [-0.4, -0.2) is 45.0 Å². The Kier molecular flexibility index (Phi) is 10.6. The molecule has 6 heterocycles. The van der Waals surface area contributed by atoms with E-state index in [0.717, 1.165) is 52.7 Å². The van der Waals surface area contributed by atoms with Crippen molar-refractivity contribution in [2.24, 2.45) is 0 Å². The minimum absolute atomic E-state index is 0.00420. The predicted molar refractivity (Wildman–Crippen MR) is 286 cm³/mol. The van der Waals surface area contributed by atoms with Crippen molar-refractivity contribution in [3.63, 3.8) is 0 Å². The summed E-state index contributed by atoms with van der Waals surface area (Å²) in [5, 5.41) is 0.868. The van der Waals surface area contributed by atoms with Gasteiger partial charge in [-0.25, -0.2) is 0 Å². The summed E-state index contributed by atoms with van der Waals surface area (Å²) >= 11 is 4.77. The van der Waals surface area contributed by atoms with Crippen LogP contribution in [0.25, 0.3) is 31.7 Å². The van der Waals surface area contributed by atoms with E-state index in [9.17, 15) is 0 Å². The maximum Gasteiger partial charge on any atom is 0.380 e. The molecule has 0 amide bonds. The standard InChI is InChI=1S/C56H34F12N2S6/c1-27-37(45-33(71-27)25-35(73-45)69(29-17-9-5-10-18-29)30-19-11-6-12-20-30)39-40(52(59,60)55(65,66)51(39,57)58)38-28(2)72-48-44-42-41(53(61,62)56(67,68)54(42,63)64)43-46-34(75-49(43,3)50(44,4)76-47(38)48)26-36(74-46)70(31-21-13-7-14-22-31)32-23-15-8-16-24-32/h5-26H,1-4H3. The number of anilines is 6. The van der Waals surface area contributed by atoms with Crippen LogP contribution in [0, 0.1) is 13.8 Å². The number of benzene rings is 4. The number of rotatable bonds is 8. The van der Waals surface area contributed by atoms with Gasteiger partial charge in [-0.1, -0.05) is 72.8 Å². The van der Waals surface area contributed by atoms with Crippen LogP contribution in [0.1, 0.15) is 44.5 Å². The average molecular weight is 1160 g/mol. The molecular formula is C56H34F12N2S6. The van der Waals surface area contributed by atoms with Crippen molar-refractivity contribution in [2.45, 2.75) is 82.5 Å². The van der Waals surface area contributed by atoms with E-state index in [1.807, 2.05) is 0 Å². The van der Waals surface area contributed by atoms with Crippen molar-refractivity contribution in [1.29, 1.82) is 0 Å². The minimum atomic E-state index is -6.05. The number of allylic oxidation sites excluding steroid dienone is 4. The number of aryl methyl sites for hydroxylation is 2. The highest BCUT2D eigenvalue weighted by Gasteiger charge is 2.86. The van der Waals surface area contributed by atoms with Crippen LogP contribution in [0.5, 0.6) is 0 Å². The molecule has 1 saturated carbocycles. The van der Waals surface area contributed by atoms with Crippen molar-refractivity contribution in [3.8, 4) is 0 Å². The summed E-state index contributed by atoms with van der Waals surface area (Å²) in [6.45, 7) is 5.30. The number of alkyl halides is 12. The van der Waals surface area contributed by atoms with Gasteiger partial charge in [0.15, 0.2) is 0 Å². The van der Waals surface area contributed by atoms with Crippen LogP contribution in [0.2, 0.25) is 0 Å². The summed E-state index contributed by atoms with van der Waals surface area (Å²) in [5.74, 6) is -34.3. The molecule has 5 aliphatic rings. The minimum Gasteiger partial charge on any atom is -0.302 e. The van der Waals surface area contributed by atoms with Gasteiger partial charge in [0.25, 0.3) is 0 Å².